The van der Waals surface area contributed by atoms with E-state index < -0.39 is 0 Å². The molecule has 0 spiro atoms. The lowest BCUT2D eigenvalue weighted by molar-refractivity contribution is 0.207. The first-order chi connectivity index (χ1) is 9.72. The van der Waals surface area contributed by atoms with Gasteiger partial charge in [0.1, 0.15) is 5.75 Å². The van der Waals surface area contributed by atoms with Gasteiger partial charge in [0.25, 0.3) is 0 Å². The van der Waals surface area contributed by atoms with E-state index in [1.165, 1.54) is 24.6 Å². The minimum absolute atomic E-state index is 0.268. The standard InChI is InChI=1S/C19H22O/c1-4-6-7-8-15(3)20-19-12-11-17-13-16(5-2)9-10-18(17)14-19/h2,9-15H,4,6-8H2,1,3H3/t15-/m0/s1. The first kappa shape index (κ1) is 14.5. The number of unbranched alkanes of at least 4 members (excludes halogenated alkanes) is 2. The van der Waals surface area contributed by atoms with Crippen LogP contribution < -0.4 is 4.74 Å². The zero-order valence-corrected chi connectivity index (χ0v) is 12.4. The largest absolute Gasteiger partial charge is 0.491 e. The average molecular weight is 266 g/mol. The molecule has 1 heteroatoms. The molecule has 0 bridgehead atoms. The summed E-state index contributed by atoms with van der Waals surface area (Å²) in [4.78, 5) is 0. The van der Waals surface area contributed by atoms with Crippen molar-refractivity contribution >= 4 is 10.8 Å². The van der Waals surface area contributed by atoms with E-state index in [4.69, 9.17) is 11.2 Å². The monoisotopic (exact) mass is 266 g/mol. The van der Waals surface area contributed by atoms with E-state index in [1.807, 2.05) is 18.2 Å². The van der Waals surface area contributed by atoms with Crippen molar-refractivity contribution in [2.24, 2.45) is 0 Å². The molecule has 0 unspecified atom stereocenters. The third-order valence-electron chi connectivity index (χ3n) is 3.53. The number of benzene rings is 2. The Morgan fingerprint density at radius 2 is 1.85 bits per heavy atom. The molecule has 1 atom stereocenters. The van der Waals surface area contributed by atoms with Crippen molar-refractivity contribution in [3.63, 3.8) is 0 Å². The van der Waals surface area contributed by atoms with E-state index in [9.17, 15) is 0 Å². The fourth-order valence-electron chi connectivity index (χ4n) is 2.36. The molecule has 0 fully saturated rings. The maximum absolute atomic E-state index is 5.99. The van der Waals surface area contributed by atoms with Crippen LogP contribution in [0.5, 0.6) is 5.75 Å². The molecule has 0 heterocycles. The zero-order valence-electron chi connectivity index (χ0n) is 12.4. The lowest BCUT2D eigenvalue weighted by Gasteiger charge is -2.15. The van der Waals surface area contributed by atoms with Gasteiger partial charge in [0.2, 0.25) is 0 Å². The van der Waals surface area contributed by atoms with Crippen molar-refractivity contribution in [3.8, 4) is 18.1 Å². The number of ether oxygens (including phenoxy) is 1. The van der Waals surface area contributed by atoms with Gasteiger partial charge in [-0.25, -0.2) is 0 Å². The fraction of sp³-hybridized carbons (Fsp3) is 0.368. The highest BCUT2D eigenvalue weighted by Gasteiger charge is 2.05. The molecular weight excluding hydrogens is 244 g/mol. The summed E-state index contributed by atoms with van der Waals surface area (Å²) in [6.07, 6.45) is 10.6. The summed E-state index contributed by atoms with van der Waals surface area (Å²) in [6, 6.07) is 12.2. The Morgan fingerprint density at radius 3 is 2.60 bits per heavy atom. The quantitative estimate of drug-likeness (QED) is 0.518. The van der Waals surface area contributed by atoms with Gasteiger partial charge in [-0.1, -0.05) is 37.8 Å². The Kier molecular flexibility index (Phi) is 5.07. The van der Waals surface area contributed by atoms with Crippen LogP contribution in [0.3, 0.4) is 0 Å². The molecule has 2 aromatic rings. The maximum atomic E-state index is 5.99. The summed E-state index contributed by atoms with van der Waals surface area (Å²) >= 11 is 0. The maximum Gasteiger partial charge on any atom is 0.120 e. The molecule has 0 radical (unpaired) electrons. The van der Waals surface area contributed by atoms with Crippen LogP contribution in [0.2, 0.25) is 0 Å². The Balaban J connectivity index is 2.06. The van der Waals surface area contributed by atoms with Crippen LogP contribution >= 0.6 is 0 Å². The van der Waals surface area contributed by atoms with Crippen molar-refractivity contribution in [2.45, 2.75) is 45.6 Å². The van der Waals surface area contributed by atoms with Crippen molar-refractivity contribution in [2.75, 3.05) is 0 Å². The second-order valence-corrected chi connectivity index (χ2v) is 5.29. The molecule has 0 aliphatic carbocycles. The van der Waals surface area contributed by atoms with Gasteiger partial charge in [0.05, 0.1) is 6.10 Å². The smallest absolute Gasteiger partial charge is 0.120 e. The summed E-state index contributed by atoms with van der Waals surface area (Å²) in [6.45, 7) is 4.36. The third-order valence-corrected chi connectivity index (χ3v) is 3.53. The van der Waals surface area contributed by atoms with E-state index in [0.717, 1.165) is 23.1 Å². The van der Waals surface area contributed by atoms with Gasteiger partial charge in [-0.2, -0.15) is 0 Å². The van der Waals surface area contributed by atoms with Crippen LogP contribution in [0.1, 0.15) is 45.1 Å². The summed E-state index contributed by atoms with van der Waals surface area (Å²) in [7, 11) is 0. The Morgan fingerprint density at radius 1 is 1.10 bits per heavy atom. The van der Waals surface area contributed by atoms with Gasteiger partial charge in [0, 0.05) is 5.56 Å². The number of hydrogen-bond acceptors (Lipinski definition) is 1. The van der Waals surface area contributed by atoms with Crippen molar-refractivity contribution < 1.29 is 4.74 Å². The van der Waals surface area contributed by atoms with Crippen molar-refractivity contribution in [1.29, 1.82) is 0 Å². The Hall–Kier alpha value is -1.94. The van der Waals surface area contributed by atoms with Gasteiger partial charge in [-0.15, -0.1) is 6.42 Å². The molecule has 2 rings (SSSR count). The van der Waals surface area contributed by atoms with Gasteiger partial charge >= 0.3 is 0 Å². The molecule has 0 saturated heterocycles. The van der Waals surface area contributed by atoms with Gasteiger partial charge < -0.3 is 4.74 Å². The van der Waals surface area contributed by atoms with Crippen LogP contribution in [-0.4, -0.2) is 6.10 Å². The molecule has 1 nitrogen and oxygen atoms in total. The first-order valence-electron chi connectivity index (χ1n) is 7.40. The number of terminal acetylenes is 1. The molecule has 0 N–H and O–H groups in total. The number of hydrogen-bond donors (Lipinski definition) is 0. The minimum Gasteiger partial charge on any atom is -0.491 e. The lowest BCUT2D eigenvalue weighted by atomic mass is 10.1. The molecule has 20 heavy (non-hydrogen) atoms. The number of fused-ring (bicyclic) bond motifs is 1. The lowest BCUT2D eigenvalue weighted by Crippen LogP contribution is -2.11. The normalized spacial score (nSPS) is 12.1. The summed E-state index contributed by atoms with van der Waals surface area (Å²) in [5, 5.41) is 2.33. The van der Waals surface area contributed by atoms with E-state index in [2.05, 4.69) is 38.0 Å². The van der Waals surface area contributed by atoms with E-state index in [-0.39, 0.29) is 6.10 Å². The summed E-state index contributed by atoms with van der Waals surface area (Å²) in [5.74, 6) is 3.60. The van der Waals surface area contributed by atoms with Crippen molar-refractivity contribution in [3.05, 3.63) is 42.0 Å². The highest BCUT2D eigenvalue weighted by molar-refractivity contribution is 5.85. The third kappa shape index (κ3) is 3.78. The Labute approximate surface area is 122 Å². The Bertz CT molecular complexity index is 607. The topological polar surface area (TPSA) is 9.23 Å². The molecule has 104 valence electrons. The van der Waals surface area contributed by atoms with Gasteiger partial charge in [-0.05, 0) is 54.8 Å². The molecular formula is C19H22O. The van der Waals surface area contributed by atoms with Crippen LogP contribution in [-0.2, 0) is 0 Å². The van der Waals surface area contributed by atoms with Gasteiger partial charge in [-0.3, -0.25) is 0 Å². The van der Waals surface area contributed by atoms with E-state index >= 15 is 0 Å². The van der Waals surface area contributed by atoms with E-state index in [0.29, 0.717) is 0 Å². The van der Waals surface area contributed by atoms with E-state index in [1.54, 1.807) is 0 Å². The van der Waals surface area contributed by atoms with Gasteiger partial charge in [0.15, 0.2) is 0 Å². The predicted octanol–water partition coefficient (Wildman–Crippen LogP) is 5.17. The number of rotatable bonds is 6. The first-order valence-corrected chi connectivity index (χ1v) is 7.40. The second kappa shape index (κ2) is 7.01. The fourth-order valence-corrected chi connectivity index (χ4v) is 2.36. The second-order valence-electron chi connectivity index (χ2n) is 5.29. The summed E-state index contributed by atoms with van der Waals surface area (Å²) < 4.78 is 5.99. The summed E-state index contributed by atoms with van der Waals surface area (Å²) in [5.41, 5.74) is 0.916. The van der Waals surface area contributed by atoms with Crippen LogP contribution in [0.4, 0.5) is 0 Å². The molecule has 2 aromatic carbocycles. The molecule has 0 saturated carbocycles. The molecule has 0 amide bonds. The SMILES string of the molecule is C#Cc1ccc2cc(O[C@@H](C)CCCCC)ccc2c1. The molecule has 0 aliphatic heterocycles. The zero-order chi connectivity index (χ0) is 14.4. The highest BCUT2D eigenvalue weighted by Crippen LogP contribution is 2.23. The molecule has 0 aromatic heterocycles. The average Bonchev–Trinajstić information content (AvgIpc) is 2.47. The van der Waals surface area contributed by atoms with Crippen LogP contribution in [0, 0.1) is 12.3 Å². The van der Waals surface area contributed by atoms with Crippen LogP contribution in [0.15, 0.2) is 36.4 Å². The predicted molar refractivity (Wildman–Crippen MR) is 86.1 cm³/mol. The van der Waals surface area contributed by atoms with Crippen molar-refractivity contribution in [1.82, 2.24) is 0 Å². The highest BCUT2D eigenvalue weighted by atomic mass is 16.5. The minimum atomic E-state index is 0.268. The molecule has 0 aliphatic rings. The van der Waals surface area contributed by atoms with Crippen LogP contribution in [0.25, 0.3) is 10.8 Å².